The number of carboxylic acid groups (broad SMARTS) is 2. The molecule has 0 spiro atoms. The first-order valence-corrected chi connectivity index (χ1v) is 5.78. The summed E-state index contributed by atoms with van der Waals surface area (Å²) in [5.41, 5.74) is -0.0103. The van der Waals surface area contributed by atoms with Gasteiger partial charge < -0.3 is 15.1 Å². The first kappa shape index (κ1) is 15.1. The smallest absolute Gasteiger partial charge is 0.323 e. The number of carbonyl (C=O) groups is 3. The number of benzene rings is 1. The van der Waals surface area contributed by atoms with Gasteiger partial charge in [0.2, 0.25) is 0 Å². The third-order valence-corrected chi connectivity index (χ3v) is 2.76. The molecule has 1 amide bonds. The monoisotopic (exact) mass is 333 g/mol. The van der Waals surface area contributed by atoms with Crippen LogP contribution in [0.4, 0.5) is 4.39 Å². The van der Waals surface area contributed by atoms with E-state index in [2.05, 4.69) is 15.9 Å². The maximum absolute atomic E-state index is 12.9. The SMILES string of the molecule is O=C(O)CN(CC(=O)O)C(=O)c1ccc(F)cc1Br. The molecule has 0 bridgehead atoms. The number of carbonyl (C=O) groups excluding carboxylic acids is 1. The highest BCUT2D eigenvalue weighted by Gasteiger charge is 2.22. The van der Waals surface area contributed by atoms with Crippen LogP contribution in [0.2, 0.25) is 0 Å². The first-order valence-electron chi connectivity index (χ1n) is 4.99. The Kier molecular flexibility index (Phi) is 4.99. The summed E-state index contributed by atoms with van der Waals surface area (Å²) in [6, 6.07) is 3.21. The predicted octanol–water partition coefficient (Wildman–Crippen LogP) is 1.20. The van der Waals surface area contributed by atoms with Crippen LogP contribution in [0.5, 0.6) is 0 Å². The second-order valence-corrected chi connectivity index (χ2v) is 4.43. The number of carboxylic acids is 2. The average Bonchev–Trinajstić information content (AvgIpc) is 2.26. The van der Waals surface area contributed by atoms with Crippen LogP contribution in [0.3, 0.4) is 0 Å². The van der Waals surface area contributed by atoms with Crippen molar-refractivity contribution in [1.29, 1.82) is 0 Å². The third kappa shape index (κ3) is 4.32. The van der Waals surface area contributed by atoms with E-state index in [1.807, 2.05) is 0 Å². The maximum Gasteiger partial charge on any atom is 0.323 e. The molecule has 1 aromatic rings. The molecule has 6 nitrogen and oxygen atoms in total. The number of nitrogens with zero attached hydrogens (tertiary/aromatic N) is 1. The second-order valence-electron chi connectivity index (χ2n) is 3.57. The van der Waals surface area contributed by atoms with Crippen molar-refractivity contribution in [3.05, 3.63) is 34.1 Å². The summed E-state index contributed by atoms with van der Waals surface area (Å²) in [5, 5.41) is 17.3. The molecule has 0 fully saturated rings. The van der Waals surface area contributed by atoms with E-state index in [-0.39, 0.29) is 10.0 Å². The summed E-state index contributed by atoms with van der Waals surface area (Å²) in [4.78, 5) is 33.9. The van der Waals surface area contributed by atoms with Crippen molar-refractivity contribution in [2.24, 2.45) is 0 Å². The molecule has 2 N–H and O–H groups in total. The Balaban J connectivity index is 3.04. The molecule has 102 valence electrons. The normalized spacial score (nSPS) is 10.0. The molecule has 0 unspecified atom stereocenters. The van der Waals surface area contributed by atoms with Gasteiger partial charge in [-0.3, -0.25) is 14.4 Å². The fourth-order valence-electron chi connectivity index (χ4n) is 1.36. The molecule has 0 saturated carbocycles. The molecule has 0 saturated heterocycles. The highest BCUT2D eigenvalue weighted by Crippen LogP contribution is 2.19. The molecule has 0 aromatic heterocycles. The van der Waals surface area contributed by atoms with Crippen LogP contribution >= 0.6 is 15.9 Å². The molecule has 0 heterocycles. The minimum Gasteiger partial charge on any atom is -0.480 e. The maximum atomic E-state index is 12.9. The molecule has 1 aromatic carbocycles. The number of hydrogen-bond donors (Lipinski definition) is 2. The Hall–Kier alpha value is -1.96. The highest BCUT2D eigenvalue weighted by molar-refractivity contribution is 9.10. The molecule has 19 heavy (non-hydrogen) atoms. The van der Waals surface area contributed by atoms with Gasteiger partial charge in [-0.2, -0.15) is 0 Å². The van der Waals surface area contributed by atoms with Crippen LogP contribution in [-0.4, -0.2) is 46.0 Å². The van der Waals surface area contributed by atoms with Crippen molar-refractivity contribution in [3.63, 3.8) is 0 Å². The van der Waals surface area contributed by atoms with Crippen molar-refractivity contribution in [2.75, 3.05) is 13.1 Å². The Bertz CT molecular complexity index is 518. The van der Waals surface area contributed by atoms with E-state index in [4.69, 9.17) is 10.2 Å². The number of aliphatic carboxylic acids is 2. The number of rotatable bonds is 5. The van der Waals surface area contributed by atoms with Gasteiger partial charge in [-0.15, -0.1) is 0 Å². The van der Waals surface area contributed by atoms with Gasteiger partial charge in [0.1, 0.15) is 18.9 Å². The molecular formula is C11H9BrFNO5. The lowest BCUT2D eigenvalue weighted by atomic mass is 10.2. The first-order chi connectivity index (χ1) is 8.81. The average molecular weight is 334 g/mol. The summed E-state index contributed by atoms with van der Waals surface area (Å²) < 4.78 is 13.0. The van der Waals surface area contributed by atoms with Gasteiger partial charge in [0.05, 0.1) is 5.56 Å². The number of amides is 1. The topological polar surface area (TPSA) is 94.9 Å². The minimum absolute atomic E-state index is 0.0103. The fraction of sp³-hybridized carbons (Fsp3) is 0.182. The van der Waals surface area contributed by atoms with Gasteiger partial charge in [0.15, 0.2) is 0 Å². The van der Waals surface area contributed by atoms with E-state index in [0.717, 1.165) is 18.2 Å². The Morgan fingerprint density at radius 3 is 2.11 bits per heavy atom. The summed E-state index contributed by atoms with van der Waals surface area (Å²) in [6.45, 7) is -1.51. The van der Waals surface area contributed by atoms with Crippen LogP contribution in [-0.2, 0) is 9.59 Å². The zero-order chi connectivity index (χ0) is 14.6. The molecule has 0 aliphatic rings. The molecule has 1 rings (SSSR count). The van der Waals surface area contributed by atoms with Crippen LogP contribution in [0, 0.1) is 5.82 Å². The van der Waals surface area contributed by atoms with Crippen LogP contribution < -0.4 is 0 Å². The zero-order valence-corrected chi connectivity index (χ0v) is 11.1. The van der Waals surface area contributed by atoms with E-state index in [1.165, 1.54) is 0 Å². The van der Waals surface area contributed by atoms with Gasteiger partial charge in [0, 0.05) is 4.47 Å². The van der Waals surface area contributed by atoms with E-state index in [0.29, 0.717) is 4.90 Å². The summed E-state index contributed by atoms with van der Waals surface area (Å²) in [6.07, 6.45) is 0. The number of hydrogen-bond acceptors (Lipinski definition) is 3. The summed E-state index contributed by atoms with van der Waals surface area (Å²) >= 11 is 2.97. The molecule has 0 atom stereocenters. The van der Waals surface area contributed by atoms with Crippen molar-refractivity contribution in [3.8, 4) is 0 Å². The van der Waals surface area contributed by atoms with Crippen molar-refractivity contribution in [2.45, 2.75) is 0 Å². The Labute approximate surface area is 115 Å². The van der Waals surface area contributed by atoms with E-state index >= 15 is 0 Å². The fourth-order valence-corrected chi connectivity index (χ4v) is 1.88. The van der Waals surface area contributed by atoms with Gasteiger partial charge in [-0.25, -0.2) is 4.39 Å². The van der Waals surface area contributed by atoms with Gasteiger partial charge >= 0.3 is 11.9 Å². The molecule has 8 heteroatoms. The predicted molar refractivity (Wildman–Crippen MR) is 65.3 cm³/mol. The van der Waals surface area contributed by atoms with Crippen molar-refractivity contribution >= 4 is 33.8 Å². The van der Waals surface area contributed by atoms with Gasteiger partial charge in [0.25, 0.3) is 5.91 Å². The lowest BCUT2D eigenvalue weighted by Gasteiger charge is -2.19. The van der Waals surface area contributed by atoms with Gasteiger partial charge in [-0.1, -0.05) is 0 Å². The van der Waals surface area contributed by atoms with E-state index < -0.39 is 36.8 Å². The Morgan fingerprint density at radius 1 is 1.16 bits per heavy atom. The lowest BCUT2D eigenvalue weighted by molar-refractivity contribution is -0.140. The largest absolute Gasteiger partial charge is 0.480 e. The van der Waals surface area contributed by atoms with E-state index in [9.17, 15) is 18.8 Å². The van der Waals surface area contributed by atoms with Crippen LogP contribution in [0.25, 0.3) is 0 Å². The minimum atomic E-state index is -1.34. The van der Waals surface area contributed by atoms with Crippen LogP contribution in [0.15, 0.2) is 22.7 Å². The summed E-state index contributed by atoms with van der Waals surface area (Å²) in [5.74, 6) is -4.07. The third-order valence-electron chi connectivity index (χ3n) is 2.10. The molecular weight excluding hydrogens is 325 g/mol. The molecule has 0 aliphatic heterocycles. The standard InChI is InChI=1S/C11H9BrFNO5/c12-8-3-6(13)1-2-7(8)11(19)14(4-9(15)16)5-10(17)18/h1-3H,4-5H2,(H,15,16)(H,17,18). The Morgan fingerprint density at radius 2 is 1.68 bits per heavy atom. The quantitative estimate of drug-likeness (QED) is 0.844. The number of halogens is 2. The highest BCUT2D eigenvalue weighted by atomic mass is 79.9. The molecule has 0 aliphatic carbocycles. The van der Waals surface area contributed by atoms with Crippen molar-refractivity contribution in [1.82, 2.24) is 4.90 Å². The second kappa shape index (κ2) is 6.28. The summed E-state index contributed by atoms with van der Waals surface area (Å²) in [7, 11) is 0. The van der Waals surface area contributed by atoms with Gasteiger partial charge in [-0.05, 0) is 34.1 Å². The zero-order valence-electron chi connectivity index (χ0n) is 9.47. The van der Waals surface area contributed by atoms with Crippen LogP contribution in [0.1, 0.15) is 10.4 Å². The van der Waals surface area contributed by atoms with Crippen molar-refractivity contribution < 1.29 is 29.0 Å². The lowest BCUT2D eigenvalue weighted by Crippen LogP contribution is -2.39. The van der Waals surface area contributed by atoms with E-state index in [1.54, 1.807) is 0 Å². The molecule has 0 radical (unpaired) electrons.